The third-order valence-electron chi connectivity index (χ3n) is 4.71. The number of amides is 1. The average Bonchev–Trinajstić information content (AvgIpc) is 3.49. The molecule has 0 fully saturated rings. The lowest BCUT2D eigenvalue weighted by atomic mass is 10.1. The molecular formula is C21H20N6O5S2. The zero-order valence-corrected chi connectivity index (χ0v) is 20.1. The Labute approximate surface area is 199 Å². The number of nitrogens with one attached hydrogen (secondary N) is 1. The molecule has 0 bridgehead atoms. The number of aryl methyl sites for hydroxylation is 1. The van der Waals surface area contributed by atoms with E-state index in [4.69, 9.17) is 9.26 Å². The van der Waals surface area contributed by atoms with Crippen LogP contribution in [0.5, 0.6) is 5.75 Å². The van der Waals surface area contributed by atoms with Crippen LogP contribution in [0, 0.1) is 6.92 Å². The molecule has 0 saturated heterocycles. The minimum atomic E-state index is -4.01. The normalized spacial score (nSPS) is 11.5. The lowest BCUT2D eigenvalue weighted by molar-refractivity contribution is 0.102. The van der Waals surface area contributed by atoms with Crippen LogP contribution in [0.2, 0.25) is 0 Å². The molecule has 1 N–H and O–H groups in total. The predicted octanol–water partition coefficient (Wildman–Crippen LogP) is 2.98. The van der Waals surface area contributed by atoms with Gasteiger partial charge in [0.2, 0.25) is 21.2 Å². The van der Waals surface area contributed by atoms with Crippen molar-refractivity contribution in [3.05, 3.63) is 65.5 Å². The van der Waals surface area contributed by atoms with E-state index in [-0.39, 0.29) is 21.9 Å². The van der Waals surface area contributed by atoms with Crippen molar-refractivity contribution in [3.63, 3.8) is 0 Å². The molecule has 4 aromatic rings. The molecule has 1 amide bonds. The number of sulfonamides is 1. The standard InChI is InChI=1S/C21H20N6O5S2/c1-13-5-4-6-15(11-13)19(28)23-20-24-25-21(33-20)34(29,30)27(2)12-17-22-18(26-32-17)14-7-9-16(31-3)10-8-14/h4-11H,12H2,1-3H3,(H,23,24,28). The van der Waals surface area contributed by atoms with Gasteiger partial charge in [-0.2, -0.15) is 9.29 Å². The molecule has 13 heteroatoms. The quantitative estimate of drug-likeness (QED) is 0.361. The summed E-state index contributed by atoms with van der Waals surface area (Å²) < 4.78 is 36.9. The van der Waals surface area contributed by atoms with Gasteiger partial charge in [-0.1, -0.05) is 34.2 Å². The third kappa shape index (κ3) is 5.11. The summed E-state index contributed by atoms with van der Waals surface area (Å²) in [5, 5.41) is 14.1. The monoisotopic (exact) mass is 500 g/mol. The summed E-state index contributed by atoms with van der Waals surface area (Å²) in [6.07, 6.45) is 0. The number of nitrogens with zero attached hydrogens (tertiary/aromatic N) is 5. The van der Waals surface area contributed by atoms with Gasteiger partial charge in [-0.3, -0.25) is 10.1 Å². The number of carbonyl (C=O) groups is 1. The molecule has 176 valence electrons. The van der Waals surface area contributed by atoms with Gasteiger partial charge in [0, 0.05) is 18.2 Å². The van der Waals surface area contributed by atoms with Crippen molar-refractivity contribution in [1.82, 2.24) is 24.6 Å². The van der Waals surface area contributed by atoms with Gasteiger partial charge in [0.05, 0.1) is 13.7 Å². The van der Waals surface area contributed by atoms with E-state index in [0.29, 0.717) is 22.7 Å². The fourth-order valence-electron chi connectivity index (χ4n) is 2.91. The second kappa shape index (κ2) is 9.67. The molecule has 4 rings (SSSR count). The van der Waals surface area contributed by atoms with Crippen molar-refractivity contribution < 1.29 is 22.5 Å². The zero-order valence-electron chi connectivity index (χ0n) is 18.4. The van der Waals surface area contributed by atoms with Crippen molar-refractivity contribution in [2.75, 3.05) is 19.5 Å². The lowest BCUT2D eigenvalue weighted by Crippen LogP contribution is -2.26. The first-order valence-corrected chi connectivity index (χ1v) is 12.2. The smallest absolute Gasteiger partial charge is 0.272 e. The van der Waals surface area contributed by atoms with Gasteiger partial charge in [-0.05, 0) is 43.3 Å². The number of benzene rings is 2. The van der Waals surface area contributed by atoms with Gasteiger partial charge in [0.25, 0.3) is 15.9 Å². The summed E-state index contributed by atoms with van der Waals surface area (Å²) >= 11 is 0.749. The number of hydrogen-bond donors (Lipinski definition) is 1. The third-order valence-corrected chi connectivity index (χ3v) is 7.70. The topological polar surface area (TPSA) is 140 Å². The van der Waals surface area contributed by atoms with Crippen LogP contribution < -0.4 is 10.1 Å². The van der Waals surface area contributed by atoms with Gasteiger partial charge in [0.1, 0.15) is 5.75 Å². The first-order chi connectivity index (χ1) is 16.3. The van der Waals surface area contributed by atoms with Crippen LogP contribution in [0.1, 0.15) is 21.8 Å². The van der Waals surface area contributed by atoms with Gasteiger partial charge < -0.3 is 9.26 Å². The number of methoxy groups -OCH3 is 1. The van der Waals surface area contributed by atoms with E-state index in [1.54, 1.807) is 49.6 Å². The van der Waals surface area contributed by atoms with E-state index in [2.05, 4.69) is 25.7 Å². The van der Waals surface area contributed by atoms with Crippen molar-refractivity contribution in [2.45, 2.75) is 17.8 Å². The average molecular weight is 501 g/mol. The molecular weight excluding hydrogens is 480 g/mol. The van der Waals surface area contributed by atoms with E-state index >= 15 is 0 Å². The Balaban J connectivity index is 1.43. The van der Waals surface area contributed by atoms with Crippen molar-refractivity contribution in [3.8, 4) is 17.1 Å². The van der Waals surface area contributed by atoms with E-state index in [9.17, 15) is 13.2 Å². The fourth-order valence-corrected chi connectivity index (χ4v) is 5.11. The Morgan fingerprint density at radius 3 is 2.65 bits per heavy atom. The molecule has 2 aromatic heterocycles. The second-order valence-electron chi connectivity index (χ2n) is 7.20. The Morgan fingerprint density at radius 2 is 1.94 bits per heavy atom. The van der Waals surface area contributed by atoms with Crippen LogP contribution in [0.25, 0.3) is 11.4 Å². The predicted molar refractivity (Wildman–Crippen MR) is 124 cm³/mol. The minimum absolute atomic E-state index is 0.0677. The van der Waals surface area contributed by atoms with Crippen molar-refractivity contribution >= 4 is 32.4 Å². The molecule has 11 nitrogen and oxygen atoms in total. The van der Waals surface area contributed by atoms with Crippen LogP contribution in [0.3, 0.4) is 0 Å². The summed E-state index contributed by atoms with van der Waals surface area (Å²) in [5.74, 6) is 0.703. The van der Waals surface area contributed by atoms with Crippen LogP contribution in [-0.2, 0) is 16.6 Å². The lowest BCUT2D eigenvalue weighted by Gasteiger charge is -2.11. The first kappa shape index (κ1) is 23.5. The van der Waals surface area contributed by atoms with E-state index in [1.165, 1.54) is 7.05 Å². The van der Waals surface area contributed by atoms with E-state index in [0.717, 1.165) is 21.2 Å². The molecule has 0 unspecified atom stereocenters. The molecule has 0 radical (unpaired) electrons. The molecule has 2 aromatic carbocycles. The van der Waals surface area contributed by atoms with Crippen LogP contribution in [0.15, 0.2) is 57.4 Å². The maximum absolute atomic E-state index is 12.9. The molecule has 0 aliphatic heterocycles. The largest absolute Gasteiger partial charge is 0.497 e. The van der Waals surface area contributed by atoms with Crippen LogP contribution in [0.4, 0.5) is 5.13 Å². The van der Waals surface area contributed by atoms with Gasteiger partial charge in [-0.25, -0.2) is 8.42 Å². The highest BCUT2D eigenvalue weighted by Crippen LogP contribution is 2.25. The maximum Gasteiger partial charge on any atom is 0.272 e. The Bertz CT molecular complexity index is 1420. The van der Waals surface area contributed by atoms with Gasteiger partial charge in [-0.15, -0.1) is 10.2 Å². The highest BCUT2D eigenvalue weighted by molar-refractivity contribution is 7.91. The van der Waals surface area contributed by atoms with Gasteiger partial charge in [0.15, 0.2) is 0 Å². The SMILES string of the molecule is COc1ccc(-c2noc(CN(C)S(=O)(=O)c3nnc(NC(=O)c4cccc(C)c4)s3)n2)cc1. The molecule has 0 saturated carbocycles. The van der Waals surface area contributed by atoms with Crippen LogP contribution in [-0.4, -0.2) is 53.1 Å². The number of anilines is 1. The molecule has 34 heavy (non-hydrogen) atoms. The molecule has 0 aliphatic carbocycles. The minimum Gasteiger partial charge on any atom is -0.497 e. The Morgan fingerprint density at radius 1 is 1.18 bits per heavy atom. The van der Waals surface area contributed by atoms with Crippen molar-refractivity contribution in [2.24, 2.45) is 0 Å². The van der Waals surface area contributed by atoms with Crippen LogP contribution >= 0.6 is 11.3 Å². The van der Waals surface area contributed by atoms with Gasteiger partial charge >= 0.3 is 0 Å². The highest BCUT2D eigenvalue weighted by Gasteiger charge is 2.28. The molecule has 0 atom stereocenters. The summed E-state index contributed by atoms with van der Waals surface area (Å²) in [6, 6.07) is 14.0. The van der Waals surface area contributed by atoms with E-state index < -0.39 is 15.9 Å². The maximum atomic E-state index is 12.9. The Kier molecular flexibility index (Phi) is 6.68. The zero-order chi connectivity index (χ0) is 24.3. The summed E-state index contributed by atoms with van der Waals surface area (Å²) in [6.45, 7) is 1.70. The Hall–Kier alpha value is -3.68. The summed E-state index contributed by atoms with van der Waals surface area (Å²) in [7, 11) is -1.08. The number of hydrogen-bond acceptors (Lipinski definition) is 10. The molecule has 0 spiro atoms. The first-order valence-electron chi connectivity index (χ1n) is 9.91. The number of ether oxygens (including phenoxy) is 1. The number of aromatic nitrogens is 4. The van der Waals surface area contributed by atoms with E-state index in [1.807, 2.05) is 13.0 Å². The fraction of sp³-hybridized carbons (Fsp3) is 0.190. The highest BCUT2D eigenvalue weighted by atomic mass is 32.2. The summed E-state index contributed by atoms with van der Waals surface area (Å²) in [4.78, 5) is 16.6. The number of rotatable bonds is 8. The summed E-state index contributed by atoms with van der Waals surface area (Å²) in [5.41, 5.74) is 2.05. The number of carbonyl (C=O) groups excluding carboxylic acids is 1. The molecule has 0 aliphatic rings. The van der Waals surface area contributed by atoms with Crippen molar-refractivity contribution in [1.29, 1.82) is 0 Å². The second-order valence-corrected chi connectivity index (χ2v) is 10.4. The molecule has 2 heterocycles.